The molecule has 1 fully saturated rings. The topological polar surface area (TPSA) is 66.5 Å². The molecule has 5 nitrogen and oxygen atoms in total. The van der Waals surface area contributed by atoms with Crippen molar-refractivity contribution in [2.24, 2.45) is 0 Å². The summed E-state index contributed by atoms with van der Waals surface area (Å²) in [5.41, 5.74) is 1.60. The quantitative estimate of drug-likeness (QED) is 0.540. The predicted octanol–water partition coefficient (Wildman–Crippen LogP) is 3.98. The van der Waals surface area contributed by atoms with Crippen molar-refractivity contribution in [1.29, 1.82) is 0 Å². The van der Waals surface area contributed by atoms with Gasteiger partial charge in [-0.1, -0.05) is 36.8 Å². The van der Waals surface area contributed by atoms with Gasteiger partial charge in [-0.05, 0) is 48.6 Å². The number of nitrogens with zero attached hydrogens (tertiary/aromatic N) is 1. The Morgan fingerprint density at radius 3 is 2.45 bits per heavy atom. The Bertz CT molecular complexity index is 959. The van der Waals surface area contributed by atoms with Crippen LogP contribution < -0.4 is 5.32 Å². The van der Waals surface area contributed by atoms with Crippen molar-refractivity contribution in [3.63, 3.8) is 0 Å². The largest absolute Gasteiger partial charge is 0.355 e. The number of piperidine rings is 1. The number of amides is 1. The monoisotopic (exact) mass is 464 g/mol. The van der Waals surface area contributed by atoms with Gasteiger partial charge in [0, 0.05) is 37.6 Å². The molecule has 0 atom stereocenters. The second kappa shape index (κ2) is 11.6. The van der Waals surface area contributed by atoms with Gasteiger partial charge in [-0.15, -0.1) is 0 Å². The van der Waals surface area contributed by atoms with Gasteiger partial charge in [-0.3, -0.25) is 4.79 Å². The normalized spacial score (nSPS) is 15.0. The van der Waals surface area contributed by atoms with Crippen LogP contribution in [0, 0.1) is 5.82 Å². The molecule has 168 valence electrons. The third-order valence-corrected chi connectivity index (χ3v) is 8.22. The molecule has 8 heteroatoms. The second-order valence-corrected chi connectivity index (χ2v) is 10.6. The zero-order valence-electron chi connectivity index (χ0n) is 17.6. The van der Waals surface area contributed by atoms with Gasteiger partial charge < -0.3 is 5.32 Å². The van der Waals surface area contributed by atoms with Gasteiger partial charge in [-0.2, -0.15) is 16.1 Å². The van der Waals surface area contributed by atoms with Gasteiger partial charge in [-0.25, -0.2) is 12.8 Å². The molecule has 0 radical (unpaired) electrons. The highest BCUT2D eigenvalue weighted by Crippen LogP contribution is 2.21. The lowest BCUT2D eigenvalue weighted by atomic mass is 10.1. The van der Waals surface area contributed by atoms with E-state index in [1.165, 1.54) is 6.07 Å². The number of rotatable bonds is 10. The van der Waals surface area contributed by atoms with Gasteiger partial charge in [0.25, 0.3) is 0 Å². The zero-order chi connectivity index (χ0) is 22.1. The Morgan fingerprint density at radius 1 is 1.03 bits per heavy atom. The first-order valence-electron chi connectivity index (χ1n) is 10.6. The standard InChI is InChI=1S/C23H29FN2O3S2/c24-22-7-3-2-6-20(22)18-30-17-14-25-23(27)13-10-19-8-11-21(12-9-19)31(28,29)26-15-4-1-5-16-26/h2-3,6-9,11-12H,1,4-5,10,13-18H2,(H,25,27). The van der Waals surface area contributed by atoms with Crippen LogP contribution in [0.1, 0.15) is 36.8 Å². The summed E-state index contributed by atoms with van der Waals surface area (Å²) in [6.07, 6.45) is 3.80. The average Bonchev–Trinajstić information content (AvgIpc) is 2.79. The van der Waals surface area contributed by atoms with E-state index >= 15 is 0 Å². The van der Waals surface area contributed by atoms with Crippen LogP contribution in [0.25, 0.3) is 0 Å². The fraction of sp³-hybridized carbons (Fsp3) is 0.435. The molecule has 0 unspecified atom stereocenters. The number of carbonyl (C=O) groups is 1. The molecule has 1 heterocycles. The molecule has 1 aliphatic heterocycles. The first kappa shape index (κ1) is 23.8. The Morgan fingerprint density at radius 2 is 1.74 bits per heavy atom. The SMILES string of the molecule is O=C(CCc1ccc(S(=O)(=O)N2CCCCC2)cc1)NCCSCc1ccccc1F. The van der Waals surface area contributed by atoms with Gasteiger partial charge in [0.2, 0.25) is 15.9 Å². The molecule has 1 N–H and O–H groups in total. The smallest absolute Gasteiger partial charge is 0.243 e. The molecular weight excluding hydrogens is 435 g/mol. The summed E-state index contributed by atoms with van der Waals surface area (Å²) >= 11 is 1.58. The molecule has 2 aromatic rings. The summed E-state index contributed by atoms with van der Waals surface area (Å²) in [4.78, 5) is 12.4. The van der Waals surface area contributed by atoms with Crippen LogP contribution >= 0.6 is 11.8 Å². The maximum atomic E-state index is 13.6. The van der Waals surface area contributed by atoms with Crippen LogP contribution in [-0.4, -0.2) is 44.0 Å². The fourth-order valence-electron chi connectivity index (χ4n) is 3.49. The highest BCUT2D eigenvalue weighted by Gasteiger charge is 2.25. The molecule has 0 aromatic heterocycles. The molecule has 0 spiro atoms. The Labute approximate surface area is 188 Å². The summed E-state index contributed by atoms with van der Waals surface area (Å²) in [7, 11) is -3.42. The van der Waals surface area contributed by atoms with Crippen LogP contribution in [0.3, 0.4) is 0 Å². The maximum Gasteiger partial charge on any atom is 0.243 e. The minimum atomic E-state index is -3.42. The van der Waals surface area contributed by atoms with Crippen LogP contribution in [0.15, 0.2) is 53.4 Å². The summed E-state index contributed by atoms with van der Waals surface area (Å²) in [5, 5.41) is 2.88. The molecular formula is C23H29FN2O3S2. The Balaban J connectivity index is 1.37. The van der Waals surface area contributed by atoms with Crippen molar-refractivity contribution in [3.05, 3.63) is 65.5 Å². The number of carbonyl (C=O) groups excluding carboxylic acids is 1. The first-order chi connectivity index (χ1) is 15.0. The van der Waals surface area contributed by atoms with Crippen molar-refractivity contribution in [3.8, 4) is 0 Å². The number of hydrogen-bond donors (Lipinski definition) is 1. The van der Waals surface area contributed by atoms with Crippen molar-refractivity contribution >= 4 is 27.7 Å². The average molecular weight is 465 g/mol. The number of benzene rings is 2. The number of halogens is 1. The molecule has 2 aromatic carbocycles. The van der Waals surface area contributed by atoms with Gasteiger partial charge in [0.15, 0.2) is 0 Å². The number of hydrogen-bond acceptors (Lipinski definition) is 4. The molecule has 31 heavy (non-hydrogen) atoms. The van der Waals surface area contributed by atoms with E-state index < -0.39 is 10.0 Å². The van der Waals surface area contributed by atoms with Crippen LogP contribution in [0.4, 0.5) is 4.39 Å². The molecule has 1 aliphatic rings. The summed E-state index contributed by atoms with van der Waals surface area (Å²) in [6, 6.07) is 13.5. The minimum absolute atomic E-state index is 0.0449. The minimum Gasteiger partial charge on any atom is -0.355 e. The Hall–Kier alpha value is -1.90. The lowest BCUT2D eigenvalue weighted by Crippen LogP contribution is -2.35. The summed E-state index contributed by atoms with van der Waals surface area (Å²) in [5.74, 6) is 1.04. The van der Waals surface area contributed by atoms with Crippen LogP contribution in [-0.2, 0) is 27.0 Å². The number of sulfonamides is 1. The van der Waals surface area contributed by atoms with Gasteiger partial charge >= 0.3 is 0 Å². The predicted molar refractivity (Wildman–Crippen MR) is 123 cm³/mol. The van der Waals surface area contributed by atoms with E-state index in [-0.39, 0.29) is 11.7 Å². The number of thioether (sulfide) groups is 1. The van der Waals surface area contributed by atoms with Crippen molar-refractivity contribution < 1.29 is 17.6 Å². The maximum absolute atomic E-state index is 13.6. The van der Waals surface area contributed by atoms with E-state index in [1.807, 2.05) is 6.07 Å². The molecule has 1 saturated heterocycles. The van der Waals surface area contributed by atoms with Crippen molar-refractivity contribution in [2.75, 3.05) is 25.4 Å². The lowest BCUT2D eigenvalue weighted by molar-refractivity contribution is -0.120. The van der Waals surface area contributed by atoms with Crippen LogP contribution in [0.2, 0.25) is 0 Å². The molecule has 0 bridgehead atoms. The van der Waals surface area contributed by atoms with E-state index in [9.17, 15) is 17.6 Å². The number of aryl methyl sites for hydroxylation is 1. The highest BCUT2D eigenvalue weighted by molar-refractivity contribution is 7.98. The van der Waals surface area contributed by atoms with E-state index in [4.69, 9.17) is 0 Å². The Kier molecular flexibility index (Phi) is 8.92. The van der Waals surface area contributed by atoms with Crippen molar-refractivity contribution in [1.82, 2.24) is 9.62 Å². The van der Waals surface area contributed by atoms with Crippen LogP contribution in [0.5, 0.6) is 0 Å². The van der Waals surface area contributed by atoms with Gasteiger partial charge in [0.05, 0.1) is 4.90 Å². The molecule has 3 rings (SSSR count). The van der Waals surface area contributed by atoms with Gasteiger partial charge in [0.1, 0.15) is 5.82 Å². The third kappa shape index (κ3) is 7.05. The molecule has 0 aliphatic carbocycles. The number of nitrogens with one attached hydrogen (secondary N) is 1. The summed E-state index contributed by atoms with van der Waals surface area (Å²) < 4.78 is 40.5. The summed E-state index contributed by atoms with van der Waals surface area (Å²) in [6.45, 7) is 1.70. The molecule has 1 amide bonds. The highest BCUT2D eigenvalue weighted by atomic mass is 32.2. The lowest BCUT2D eigenvalue weighted by Gasteiger charge is -2.25. The molecule has 0 saturated carbocycles. The third-order valence-electron chi connectivity index (χ3n) is 5.30. The van der Waals surface area contributed by atoms with E-state index in [2.05, 4.69) is 5.32 Å². The second-order valence-electron chi connectivity index (χ2n) is 7.60. The van der Waals surface area contributed by atoms with E-state index in [0.717, 1.165) is 24.8 Å². The van der Waals surface area contributed by atoms with Crippen molar-refractivity contribution in [2.45, 2.75) is 42.8 Å². The first-order valence-corrected chi connectivity index (χ1v) is 13.2. The van der Waals surface area contributed by atoms with E-state index in [0.29, 0.717) is 54.4 Å². The fourth-order valence-corrected chi connectivity index (χ4v) is 5.85. The zero-order valence-corrected chi connectivity index (χ0v) is 19.2. The van der Waals surface area contributed by atoms with E-state index in [1.54, 1.807) is 52.5 Å².